The van der Waals surface area contributed by atoms with Crippen molar-refractivity contribution in [3.8, 4) is 5.75 Å². The fourth-order valence-corrected chi connectivity index (χ4v) is 5.75. The Bertz CT molecular complexity index is 1810. The van der Waals surface area contributed by atoms with Gasteiger partial charge in [-0.3, -0.25) is 9.52 Å². The van der Waals surface area contributed by atoms with Gasteiger partial charge in [0.2, 0.25) is 0 Å². The van der Waals surface area contributed by atoms with Gasteiger partial charge >= 0.3 is 6.18 Å². The van der Waals surface area contributed by atoms with Crippen molar-refractivity contribution in [2.24, 2.45) is 0 Å². The van der Waals surface area contributed by atoms with Crippen molar-refractivity contribution in [2.75, 3.05) is 10.0 Å². The molecule has 1 amide bonds. The number of nitrogens with one attached hydrogen (secondary N) is 2. The van der Waals surface area contributed by atoms with E-state index >= 15 is 0 Å². The minimum atomic E-state index is -4.54. The molecule has 10 heteroatoms. The number of ether oxygens (including phenoxy) is 1. The number of carbonyl (C=O) groups is 1. The predicted molar refractivity (Wildman–Crippen MR) is 161 cm³/mol. The van der Waals surface area contributed by atoms with Crippen LogP contribution < -0.4 is 14.8 Å². The summed E-state index contributed by atoms with van der Waals surface area (Å²) in [5.74, 6) is 0.333. The van der Waals surface area contributed by atoms with Crippen molar-refractivity contribution in [2.45, 2.75) is 43.9 Å². The number of carbonyl (C=O) groups excluding carboxylic acids is 1. The smallest absolute Gasteiger partial charge is 0.416 e. The van der Waals surface area contributed by atoms with Gasteiger partial charge < -0.3 is 10.1 Å². The SMILES string of the molecule is CC(C)(C)c1cc(C=C2C(=O)Nc3ccc(S(=O)(=O)Nc4ccc(C(F)(F)F)cc4)cc32)ccc1OCc1ccccc1. The zero-order valence-electron chi connectivity index (χ0n) is 23.6. The summed E-state index contributed by atoms with van der Waals surface area (Å²) < 4.78 is 73.3. The van der Waals surface area contributed by atoms with Gasteiger partial charge in [-0.05, 0) is 77.2 Å². The lowest BCUT2D eigenvalue weighted by Gasteiger charge is -2.23. The summed E-state index contributed by atoms with van der Waals surface area (Å²) in [7, 11) is -4.17. The molecule has 0 radical (unpaired) electrons. The third kappa shape index (κ3) is 6.75. The number of halogens is 3. The van der Waals surface area contributed by atoms with Crippen molar-refractivity contribution in [3.63, 3.8) is 0 Å². The maximum absolute atomic E-state index is 13.1. The second-order valence-electron chi connectivity index (χ2n) is 11.2. The number of amides is 1. The van der Waals surface area contributed by atoms with Gasteiger partial charge in [0, 0.05) is 28.1 Å². The van der Waals surface area contributed by atoms with Crippen LogP contribution in [0.25, 0.3) is 11.6 Å². The van der Waals surface area contributed by atoms with Crippen LogP contribution in [0.5, 0.6) is 5.75 Å². The molecule has 1 heterocycles. The molecule has 0 aliphatic carbocycles. The Morgan fingerprint density at radius 1 is 0.884 bits per heavy atom. The molecular formula is C33H29F3N2O4S. The highest BCUT2D eigenvalue weighted by molar-refractivity contribution is 7.92. The number of fused-ring (bicyclic) bond motifs is 1. The van der Waals surface area contributed by atoms with E-state index in [4.69, 9.17) is 4.74 Å². The lowest BCUT2D eigenvalue weighted by molar-refractivity contribution is -0.137. The minimum Gasteiger partial charge on any atom is -0.489 e. The van der Waals surface area contributed by atoms with E-state index in [1.54, 1.807) is 6.08 Å². The van der Waals surface area contributed by atoms with E-state index in [1.807, 2.05) is 48.5 Å². The third-order valence-electron chi connectivity index (χ3n) is 6.91. The topological polar surface area (TPSA) is 84.5 Å². The largest absolute Gasteiger partial charge is 0.489 e. The van der Waals surface area contributed by atoms with Gasteiger partial charge in [0.05, 0.1) is 10.5 Å². The fourth-order valence-electron chi connectivity index (χ4n) is 4.67. The molecule has 0 atom stereocenters. The zero-order chi connectivity index (χ0) is 31.0. The highest BCUT2D eigenvalue weighted by Gasteiger charge is 2.31. The molecule has 1 aliphatic heterocycles. The molecule has 4 aromatic rings. The number of sulfonamides is 1. The van der Waals surface area contributed by atoms with Crippen molar-refractivity contribution in [3.05, 3.63) is 119 Å². The first-order chi connectivity index (χ1) is 20.2. The van der Waals surface area contributed by atoms with Crippen molar-refractivity contribution in [1.29, 1.82) is 0 Å². The van der Waals surface area contributed by atoms with Crippen LogP contribution in [-0.4, -0.2) is 14.3 Å². The van der Waals surface area contributed by atoms with Crippen LogP contribution in [0.15, 0.2) is 95.9 Å². The average Bonchev–Trinajstić information content (AvgIpc) is 3.26. The van der Waals surface area contributed by atoms with E-state index in [2.05, 4.69) is 30.8 Å². The second kappa shape index (κ2) is 11.3. The molecule has 0 saturated heterocycles. The van der Waals surface area contributed by atoms with Gasteiger partial charge in [0.1, 0.15) is 12.4 Å². The maximum Gasteiger partial charge on any atom is 0.416 e. The number of rotatable bonds is 7. The van der Waals surface area contributed by atoms with E-state index in [9.17, 15) is 26.4 Å². The molecule has 0 fully saturated rings. The number of alkyl halides is 3. The number of hydrogen-bond donors (Lipinski definition) is 2. The van der Waals surface area contributed by atoms with E-state index < -0.39 is 21.8 Å². The van der Waals surface area contributed by atoms with E-state index in [0.29, 0.717) is 17.9 Å². The lowest BCUT2D eigenvalue weighted by Crippen LogP contribution is -2.14. The average molecular weight is 607 g/mol. The van der Waals surface area contributed by atoms with Crippen LogP contribution >= 0.6 is 0 Å². The van der Waals surface area contributed by atoms with Gasteiger partial charge in [-0.25, -0.2) is 8.42 Å². The molecule has 43 heavy (non-hydrogen) atoms. The Kier molecular flexibility index (Phi) is 7.83. The molecule has 6 nitrogen and oxygen atoms in total. The van der Waals surface area contributed by atoms with Gasteiger partial charge in [0.15, 0.2) is 0 Å². The summed E-state index contributed by atoms with van der Waals surface area (Å²) >= 11 is 0. The Morgan fingerprint density at radius 2 is 1.58 bits per heavy atom. The molecular weight excluding hydrogens is 577 g/mol. The van der Waals surface area contributed by atoms with Crippen molar-refractivity contribution >= 4 is 39.0 Å². The van der Waals surface area contributed by atoms with Crippen LogP contribution in [-0.2, 0) is 33.0 Å². The Hall–Kier alpha value is -4.57. The predicted octanol–water partition coefficient (Wildman–Crippen LogP) is 7.88. The quantitative estimate of drug-likeness (QED) is 0.210. The van der Waals surface area contributed by atoms with Crippen LogP contribution in [0, 0.1) is 0 Å². The maximum atomic E-state index is 13.1. The first-order valence-corrected chi connectivity index (χ1v) is 14.9. The lowest BCUT2D eigenvalue weighted by atomic mass is 9.85. The number of benzene rings is 4. The molecule has 222 valence electrons. The molecule has 0 aromatic heterocycles. The first-order valence-electron chi connectivity index (χ1n) is 13.4. The molecule has 0 saturated carbocycles. The molecule has 4 aromatic carbocycles. The summed E-state index contributed by atoms with van der Waals surface area (Å²) in [5.41, 5.74) is 2.62. The number of hydrogen-bond acceptors (Lipinski definition) is 4. The van der Waals surface area contributed by atoms with Gasteiger partial charge in [-0.2, -0.15) is 13.2 Å². The van der Waals surface area contributed by atoms with Crippen LogP contribution in [0.3, 0.4) is 0 Å². The molecule has 1 aliphatic rings. The van der Waals surface area contributed by atoms with E-state index in [1.165, 1.54) is 18.2 Å². The molecule has 0 bridgehead atoms. The van der Waals surface area contributed by atoms with Gasteiger partial charge in [-0.15, -0.1) is 0 Å². The van der Waals surface area contributed by atoms with Crippen LogP contribution in [0.2, 0.25) is 0 Å². The van der Waals surface area contributed by atoms with E-state index in [-0.39, 0.29) is 27.5 Å². The monoisotopic (exact) mass is 606 g/mol. The Balaban J connectivity index is 1.44. The molecule has 2 N–H and O–H groups in total. The highest BCUT2D eigenvalue weighted by atomic mass is 32.2. The van der Waals surface area contributed by atoms with Crippen LogP contribution in [0.1, 0.15) is 48.6 Å². The standard InChI is InChI=1S/C33H29F3N2O4S/c1-32(2,3)28-18-22(9-16-30(28)42-20-21-7-5-4-6-8-21)17-27-26-19-25(14-15-29(26)37-31(27)39)43(40,41)38-24-12-10-23(11-13-24)33(34,35)36/h4-19,38H,20H2,1-3H3,(H,37,39). The first kappa shape index (κ1) is 29.9. The summed E-state index contributed by atoms with van der Waals surface area (Å²) in [5, 5.41) is 2.76. The van der Waals surface area contributed by atoms with Gasteiger partial charge in [0.25, 0.3) is 15.9 Å². The van der Waals surface area contributed by atoms with Crippen molar-refractivity contribution < 1.29 is 31.1 Å². The summed E-state index contributed by atoms with van der Waals surface area (Å²) in [6.07, 6.45) is -2.85. The van der Waals surface area contributed by atoms with Crippen LogP contribution in [0.4, 0.5) is 24.5 Å². The van der Waals surface area contributed by atoms with Gasteiger partial charge in [-0.1, -0.05) is 57.2 Å². The summed E-state index contributed by atoms with van der Waals surface area (Å²) in [6, 6.07) is 23.3. The summed E-state index contributed by atoms with van der Waals surface area (Å²) in [4.78, 5) is 12.8. The minimum absolute atomic E-state index is 0.0252. The normalized spacial score (nSPS) is 14.4. The molecule has 0 unspecified atom stereocenters. The third-order valence-corrected chi connectivity index (χ3v) is 8.29. The van der Waals surface area contributed by atoms with E-state index in [0.717, 1.165) is 46.7 Å². The molecule has 0 spiro atoms. The second-order valence-corrected chi connectivity index (χ2v) is 12.9. The van der Waals surface area contributed by atoms with Crippen molar-refractivity contribution in [1.82, 2.24) is 0 Å². The summed E-state index contributed by atoms with van der Waals surface area (Å²) in [6.45, 7) is 6.59. The highest BCUT2D eigenvalue weighted by Crippen LogP contribution is 2.38. The fraction of sp³-hybridized carbons (Fsp3) is 0.182. The zero-order valence-corrected chi connectivity index (χ0v) is 24.4. The molecule has 5 rings (SSSR count). The Labute approximate surface area is 248 Å². The Morgan fingerprint density at radius 3 is 2.23 bits per heavy atom. The number of anilines is 2.